The molecule has 0 heterocycles. The molecule has 0 aliphatic carbocycles. The normalized spacial score (nSPS) is 11.2. The number of carboxylic acids is 1. The number of amides is 1. The van der Waals surface area contributed by atoms with Gasteiger partial charge >= 0.3 is 18.0 Å². The van der Waals surface area contributed by atoms with Crippen LogP contribution in [0.5, 0.6) is 0 Å². The lowest BCUT2D eigenvalue weighted by molar-refractivity contribution is -0.139. The molecular weight excluding hydrogens is 378 g/mol. The van der Waals surface area contributed by atoms with Gasteiger partial charge in [0.15, 0.2) is 5.78 Å². The zero-order chi connectivity index (χ0) is 21.2. The number of aliphatic carboxylic acids is 1. The Morgan fingerprint density at radius 2 is 1.62 bits per heavy atom. The lowest BCUT2D eigenvalue weighted by Gasteiger charge is -2.14. The van der Waals surface area contributed by atoms with E-state index in [0.717, 1.165) is 0 Å². The number of esters is 1. The number of hydrogen-bond donors (Lipinski definition) is 2. The third kappa shape index (κ3) is 6.76. The highest BCUT2D eigenvalue weighted by atomic mass is 16.5. The fraction of sp³-hybridized carbons (Fsp3) is 0.238. The molecule has 1 atom stereocenters. The number of nitrogens with one attached hydrogen (secondary N) is 1. The second-order valence-electron chi connectivity index (χ2n) is 6.13. The summed E-state index contributed by atoms with van der Waals surface area (Å²) in [6.07, 6.45) is -1.01. The zero-order valence-electron chi connectivity index (χ0n) is 15.8. The minimum Gasteiger partial charge on any atom is -0.480 e. The summed E-state index contributed by atoms with van der Waals surface area (Å²) in [7, 11) is 1.27. The SMILES string of the molecule is COC(=O)c1ccc(COC(=O)NC(CCC(=O)c2ccccc2)C(=O)O)cc1. The summed E-state index contributed by atoms with van der Waals surface area (Å²) in [6.45, 7) is -0.109. The molecule has 0 aliphatic rings. The number of rotatable bonds is 9. The molecule has 152 valence electrons. The fourth-order valence-electron chi connectivity index (χ4n) is 2.49. The molecule has 0 aromatic heterocycles. The maximum Gasteiger partial charge on any atom is 0.408 e. The van der Waals surface area contributed by atoms with Gasteiger partial charge in [0.1, 0.15) is 12.6 Å². The molecular formula is C21H21NO7. The first-order valence-electron chi connectivity index (χ1n) is 8.82. The Kier molecular flexibility index (Phi) is 7.90. The molecule has 0 saturated heterocycles. The average molecular weight is 399 g/mol. The molecule has 1 amide bonds. The standard InChI is InChI=1S/C21H21NO7/c1-28-20(26)16-9-7-14(8-10-16)13-29-21(27)22-17(19(24)25)11-12-18(23)15-5-3-2-4-6-15/h2-10,17H,11-13H2,1H3,(H,22,27)(H,24,25). The van der Waals surface area contributed by atoms with E-state index in [4.69, 9.17) is 4.74 Å². The van der Waals surface area contributed by atoms with Crippen LogP contribution in [0.4, 0.5) is 4.79 Å². The average Bonchev–Trinajstić information content (AvgIpc) is 2.75. The summed E-state index contributed by atoms with van der Waals surface area (Å²) in [4.78, 5) is 46.7. The number of carboxylic acid groups (broad SMARTS) is 1. The topological polar surface area (TPSA) is 119 Å². The highest BCUT2D eigenvalue weighted by molar-refractivity contribution is 5.96. The van der Waals surface area contributed by atoms with Crippen LogP contribution in [0.3, 0.4) is 0 Å². The van der Waals surface area contributed by atoms with Gasteiger partial charge in [-0.15, -0.1) is 0 Å². The van der Waals surface area contributed by atoms with Crippen LogP contribution in [0, 0.1) is 0 Å². The minimum atomic E-state index is -1.26. The predicted octanol–water partition coefficient (Wildman–Crippen LogP) is 2.82. The van der Waals surface area contributed by atoms with E-state index in [2.05, 4.69) is 10.1 Å². The smallest absolute Gasteiger partial charge is 0.408 e. The Morgan fingerprint density at radius 3 is 2.21 bits per heavy atom. The second-order valence-corrected chi connectivity index (χ2v) is 6.13. The Labute approximate surface area is 167 Å². The summed E-state index contributed by atoms with van der Waals surface area (Å²) >= 11 is 0. The van der Waals surface area contributed by atoms with Crippen LogP contribution in [0.1, 0.15) is 39.1 Å². The number of Topliss-reactive ketones (excluding diaryl/α,β-unsaturated/α-hetero) is 1. The molecule has 0 bridgehead atoms. The lowest BCUT2D eigenvalue weighted by atomic mass is 10.0. The van der Waals surface area contributed by atoms with E-state index in [0.29, 0.717) is 16.7 Å². The van der Waals surface area contributed by atoms with Gasteiger partial charge in [-0.2, -0.15) is 0 Å². The van der Waals surface area contributed by atoms with Gasteiger partial charge in [-0.3, -0.25) is 4.79 Å². The molecule has 2 aromatic rings. The first kappa shape index (κ1) is 21.6. The van der Waals surface area contributed by atoms with Crippen molar-refractivity contribution in [3.05, 3.63) is 71.3 Å². The number of hydrogen-bond acceptors (Lipinski definition) is 6. The van der Waals surface area contributed by atoms with Gasteiger partial charge in [0.05, 0.1) is 12.7 Å². The van der Waals surface area contributed by atoms with Crippen LogP contribution in [-0.4, -0.2) is 42.1 Å². The molecule has 0 spiro atoms. The fourth-order valence-corrected chi connectivity index (χ4v) is 2.49. The van der Waals surface area contributed by atoms with Crippen molar-refractivity contribution >= 4 is 23.8 Å². The quantitative estimate of drug-likeness (QED) is 0.491. The van der Waals surface area contributed by atoms with E-state index in [1.165, 1.54) is 19.2 Å². The van der Waals surface area contributed by atoms with Gasteiger partial charge < -0.3 is 19.9 Å². The maximum atomic E-state index is 12.1. The summed E-state index contributed by atoms with van der Waals surface area (Å²) < 4.78 is 9.61. The minimum absolute atomic E-state index is 0.0315. The number of alkyl carbamates (subject to hydrolysis) is 1. The molecule has 8 nitrogen and oxygen atoms in total. The number of benzene rings is 2. The van der Waals surface area contributed by atoms with Crippen LogP contribution in [0.25, 0.3) is 0 Å². The molecule has 8 heteroatoms. The van der Waals surface area contributed by atoms with Crippen molar-refractivity contribution in [2.24, 2.45) is 0 Å². The number of ether oxygens (including phenoxy) is 2. The molecule has 0 radical (unpaired) electrons. The van der Waals surface area contributed by atoms with Gasteiger partial charge in [-0.05, 0) is 24.1 Å². The van der Waals surface area contributed by atoms with E-state index in [9.17, 15) is 24.3 Å². The van der Waals surface area contributed by atoms with Crippen molar-refractivity contribution in [1.29, 1.82) is 0 Å². The second kappa shape index (κ2) is 10.6. The first-order chi connectivity index (χ1) is 13.9. The Balaban J connectivity index is 1.83. The van der Waals surface area contributed by atoms with Crippen molar-refractivity contribution in [3.8, 4) is 0 Å². The highest BCUT2D eigenvalue weighted by Gasteiger charge is 2.22. The molecule has 0 aliphatic heterocycles. The van der Waals surface area contributed by atoms with Crippen LogP contribution in [0.15, 0.2) is 54.6 Å². The van der Waals surface area contributed by atoms with Crippen LogP contribution in [-0.2, 0) is 20.9 Å². The van der Waals surface area contributed by atoms with Gasteiger partial charge in [-0.25, -0.2) is 14.4 Å². The summed E-state index contributed by atoms with van der Waals surface area (Å²) in [5.41, 5.74) is 1.45. The first-order valence-corrected chi connectivity index (χ1v) is 8.82. The van der Waals surface area contributed by atoms with Gasteiger partial charge in [0, 0.05) is 12.0 Å². The number of ketones is 1. The highest BCUT2D eigenvalue weighted by Crippen LogP contribution is 2.09. The molecule has 0 saturated carbocycles. The third-order valence-electron chi connectivity index (χ3n) is 4.09. The van der Waals surface area contributed by atoms with E-state index >= 15 is 0 Å². The molecule has 2 N–H and O–H groups in total. The largest absolute Gasteiger partial charge is 0.480 e. The van der Waals surface area contributed by atoms with Crippen LogP contribution in [0.2, 0.25) is 0 Å². The number of methoxy groups -OCH3 is 1. The molecule has 2 aromatic carbocycles. The summed E-state index contributed by atoms with van der Waals surface area (Å²) in [5.74, 6) is -1.95. The summed E-state index contributed by atoms with van der Waals surface area (Å²) in [5, 5.41) is 11.5. The van der Waals surface area contributed by atoms with Gasteiger partial charge in [-0.1, -0.05) is 42.5 Å². The monoisotopic (exact) mass is 399 g/mol. The van der Waals surface area contributed by atoms with Crippen molar-refractivity contribution in [3.63, 3.8) is 0 Å². The number of carbonyl (C=O) groups is 4. The molecule has 29 heavy (non-hydrogen) atoms. The summed E-state index contributed by atoms with van der Waals surface area (Å²) in [6, 6.07) is 13.5. The lowest BCUT2D eigenvalue weighted by Crippen LogP contribution is -2.41. The maximum absolute atomic E-state index is 12.1. The van der Waals surface area contributed by atoms with Crippen molar-refractivity contribution in [2.75, 3.05) is 7.11 Å². The van der Waals surface area contributed by atoms with Crippen molar-refractivity contribution < 1.29 is 33.8 Å². The predicted molar refractivity (Wildman–Crippen MR) is 103 cm³/mol. The Morgan fingerprint density at radius 1 is 0.966 bits per heavy atom. The van der Waals surface area contributed by atoms with Gasteiger partial charge in [0.25, 0.3) is 0 Å². The zero-order valence-corrected chi connectivity index (χ0v) is 15.8. The Hall–Kier alpha value is -3.68. The van der Waals surface area contributed by atoms with Crippen molar-refractivity contribution in [2.45, 2.75) is 25.5 Å². The Bertz CT molecular complexity index is 862. The molecule has 1 unspecified atom stereocenters. The van der Waals surface area contributed by atoms with Crippen molar-refractivity contribution in [1.82, 2.24) is 5.32 Å². The van der Waals surface area contributed by atoms with E-state index < -0.39 is 24.1 Å². The van der Waals surface area contributed by atoms with Gasteiger partial charge in [0.2, 0.25) is 0 Å². The van der Waals surface area contributed by atoms with E-state index in [1.54, 1.807) is 42.5 Å². The molecule has 2 rings (SSSR count). The van der Waals surface area contributed by atoms with E-state index in [-0.39, 0.29) is 25.2 Å². The van der Waals surface area contributed by atoms with Crippen LogP contribution >= 0.6 is 0 Å². The third-order valence-corrected chi connectivity index (χ3v) is 4.09. The van der Waals surface area contributed by atoms with E-state index in [1.807, 2.05) is 0 Å². The van der Waals surface area contributed by atoms with Crippen LogP contribution < -0.4 is 5.32 Å². The number of carbonyl (C=O) groups excluding carboxylic acids is 3. The molecule has 0 fully saturated rings.